The molecular formula is C21H24N2O5. The van der Waals surface area contributed by atoms with E-state index in [0.717, 1.165) is 11.3 Å². The van der Waals surface area contributed by atoms with Gasteiger partial charge in [-0.25, -0.2) is 0 Å². The molecule has 1 N–H and O–H groups in total. The number of piperazine rings is 1. The van der Waals surface area contributed by atoms with Crippen molar-refractivity contribution in [1.82, 2.24) is 9.80 Å². The first-order chi connectivity index (χ1) is 13.5. The summed E-state index contributed by atoms with van der Waals surface area (Å²) in [6.45, 7) is 1.43. The molecule has 7 nitrogen and oxygen atoms in total. The van der Waals surface area contributed by atoms with Crippen molar-refractivity contribution in [1.29, 1.82) is 0 Å². The van der Waals surface area contributed by atoms with Crippen LogP contribution in [-0.2, 0) is 16.1 Å². The summed E-state index contributed by atoms with van der Waals surface area (Å²) in [5.74, 6) is 0.139. The molecule has 1 aliphatic heterocycles. The Morgan fingerprint density at radius 1 is 1.11 bits per heavy atom. The highest BCUT2D eigenvalue weighted by Crippen LogP contribution is 2.30. The highest BCUT2D eigenvalue weighted by molar-refractivity contribution is 5.82. The number of carboxylic acids is 1. The smallest absolute Gasteiger partial charge is 0.325 e. The fourth-order valence-electron chi connectivity index (χ4n) is 3.48. The number of amides is 1. The Bertz CT molecular complexity index is 854. The van der Waals surface area contributed by atoms with E-state index in [9.17, 15) is 14.7 Å². The van der Waals surface area contributed by atoms with Crippen LogP contribution in [0, 0.1) is 0 Å². The van der Waals surface area contributed by atoms with E-state index >= 15 is 0 Å². The standard InChI is InChI=1S/C21H24N2O5/c1-27-16-7-5-6-15(12-16)13-22-10-11-23(14-19(22)24)20(21(25)26)17-8-3-4-9-18(17)28-2/h3-9,12,20H,10-11,13-14H2,1-2H3,(H,25,26)/t20-/m0/s1. The second-order valence-electron chi connectivity index (χ2n) is 6.62. The Hall–Kier alpha value is -3.06. The molecule has 0 radical (unpaired) electrons. The number of carboxylic acid groups (broad SMARTS) is 1. The quantitative estimate of drug-likeness (QED) is 0.788. The molecule has 7 heteroatoms. The van der Waals surface area contributed by atoms with Gasteiger partial charge in [-0.3, -0.25) is 14.5 Å². The Labute approximate surface area is 164 Å². The van der Waals surface area contributed by atoms with E-state index in [0.29, 0.717) is 30.9 Å². The summed E-state index contributed by atoms with van der Waals surface area (Å²) in [5.41, 5.74) is 1.52. The first-order valence-electron chi connectivity index (χ1n) is 9.04. The van der Waals surface area contributed by atoms with Gasteiger partial charge < -0.3 is 19.5 Å². The maximum atomic E-state index is 12.7. The number of methoxy groups -OCH3 is 2. The van der Waals surface area contributed by atoms with Gasteiger partial charge in [0, 0.05) is 25.2 Å². The zero-order valence-corrected chi connectivity index (χ0v) is 16.0. The van der Waals surface area contributed by atoms with E-state index in [4.69, 9.17) is 9.47 Å². The number of nitrogens with zero attached hydrogens (tertiary/aromatic N) is 2. The van der Waals surface area contributed by atoms with Crippen molar-refractivity contribution in [2.45, 2.75) is 12.6 Å². The molecule has 28 heavy (non-hydrogen) atoms. The number of hydrogen-bond donors (Lipinski definition) is 1. The average Bonchev–Trinajstić information content (AvgIpc) is 2.70. The van der Waals surface area contributed by atoms with Gasteiger partial charge in [0.25, 0.3) is 0 Å². The highest BCUT2D eigenvalue weighted by atomic mass is 16.5. The third-order valence-corrected chi connectivity index (χ3v) is 4.89. The number of ether oxygens (including phenoxy) is 2. The van der Waals surface area contributed by atoms with Crippen LogP contribution in [0.2, 0.25) is 0 Å². The van der Waals surface area contributed by atoms with Crippen LogP contribution < -0.4 is 9.47 Å². The van der Waals surface area contributed by atoms with Crippen LogP contribution in [0.25, 0.3) is 0 Å². The van der Waals surface area contributed by atoms with Crippen molar-refractivity contribution in [3.63, 3.8) is 0 Å². The molecule has 1 fully saturated rings. The molecule has 0 aliphatic carbocycles. The maximum absolute atomic E-state index is 12.7. The van der Waals surface area contributed by atoms with Crippen molar-refractivity contribution >= 4 is 11.9 Å². The lowest BCUT2D eigenvalue weighted by atomic mass is 10.0. The highest BCUT2D eigenvalue weighted by Gasteiger charge is 2.35. The van der Waals surface area contributed by atoms with Gasteiger partial charge in [0.05, 0.1) is 20.8 Å². The van der Waals surface area contributed by atoms with E-state index in [1.165, 1.54) is 7.11 Å². The van der Waals surface area contributed by atoms with Crippen LogP contribution >= 0.6 is 0 Å². The molecule has 1 saturated heterocycles. The van der Waals surface area contributed by atoms with E-state index in [2.05, 4.69) is 0 Å². The summed E-state index contributed by atoms with van der Waals surface area (Å²) in [5, 5.41) is 9.81. The molecule has 2 aromatic carbocycles. The second-order valence-corrected chi connectivity index (χ2v) is 6.62. The van der Waals surface area contributed by atoms with Crippen LogP contribution in [0.1, 0.15) is 17.2 Å². The van der Waals surface area contributed by atoms with Crippen molar-refractivity contribution in [2.24, 2.45) is 0 Å². The average molecular weight is 384 g/mol. The van der Waals surface area contributed by atoms with Crippen molar-refractivity contribution in [2.75, 3.05) is 33.9 Å². The first kappa shape index (κ1) is 19.7. The molecule has 1 aliphatic rings. The SMILES string of the molecule is COc1cccc(CN2CCN([C@H](C(=O)O)c3ccccc3OC)CC2=O)c1. The third kappa shape index (κ3) is 4.26. The summed E-state index contributed by atoms with van der Waals surface area (Å²) in [4.78, 5) is 28.1. The molecule has 2 aromatic rings. The summed E-state index contributed by atoms with van der Waals surface area (Å²) >= 11 is 0. The van der Waals surface area contributed by atoms with Crippen LogP contribution in [0.15, 0.2) is 48.5 Å². The van der Waals surface area contributed by atoms with Gasteiger partial charge in [0.2, 0.25) is 5.91 Å². The minimum atomic E-state index is -1.00. The largest absolute Gasteiger partial charge is 0.497 e. The van der Waals surface area contributed by atoms with Gasteiger partial charge in [0.15, 0.2) is 0 Å². The maximum Gasteiger partial charge on any atom is 0.325 e. The van der Waals surface area contributed by atoms with Gasteiger partial charge >= 0.3 is 5.97 Å². The lowest BCUT2D eigenvalue weighted by Gasteiger charge is -2.37. The molecule has 1 heterocycles. The van der Waals surface area contributed by atoms with Crippen LogP contribution in [-0.4, -0.2) is 60.6 Å². The van der Waals surface area contributed by atoms with Gasteiger partial charge in [-0.1, -0.05) is 30.3 Å². The normalized spacial score (nSPS) is 15.9. The summed E-state index contributed by atoms with van der Waals surface area (Å²) in [6.07, 6.45) is 0. The predicted octanol–water partition coefficient (Wildman–Crippen LogP) is 2.17. The molecule has 0 saturated carbocycles. The van der Waals surface area contributed by atoms with E-state index in [1.807, 2.05) is 24.3 Å². The minimum Gasteiger partial charge on any atom is -0.497 e. The van der Waals surface area contributed by atoms with Crippen molar-refractivity contribution in [3.8, 4) is 11.5 Å². The van der Waals surface area contributed by atoms with Crippen LogP contribution in [0.5, 0.6) is 11.5 Å². The zero-order valence-electron chi connectivity index (χ0n) is 16.0. The Morgan fingerprint density at radius 2 is 1.89 bits per heavy atom. The van der Waals surface area contributed by atoms with Crippen molar-refractivity contribution in [3.05, 3.63) is 59.7 Å². The summed E-state index contributed by atoms with van der Waals surface area (Å²) in [7, 11) is 3.11. The fraction of sp³-hybridized carbons (Fsp3) is 0.333. The molecule has 0 bridgehead atoms. The van der Waals surface area contributed by atoms with Gasteiger partial charge in [0.1, 0.15) is 17.5 Å². The van der Waals surface area contributed by atoms with Crippen LogP contribution in [0.4, 0.5) is 0 Å². The topological polar surface area (TPSA) is 79.3 Å². The molecule has 1 atom stereocenters. The monoisotopic (exact) mass is 384 g/mol. The second kappa shape index (κ2) is 8.75. The molecule has 0 spiro atoms. The first-order valence-corrected chi connectivity index (χ1v) is 9.04. The lowest BCUT2D eigenvalue weighted by molar-refractivity contribution is -0.148. The van der Waals surface area contributed by atoms with Gasteiger partial charge in [-0.15, -0.1) is 0 Å². The predicted molar refractivity (Wildman–Crippen MR) is 103 cm³/mol. The van der Waals surface area contributed by atoms with Gasteiger partial charge in [-0.05, 0) is 23.8 Å². The molecule has 148 valence electrons. The lowest BCUT2D eigenvalue weighted by Crippen LogP contribution is -2.52. The van der Waals surface area contributed by atoms with Gasteiger partial charge in [-0.2, -0.15) is 0 Å². The van der Waals surface area contributed by atoms with E-state index in [1.54, 1.807) is 41.2 Å². The molecule has 0 aromatic heterocycles. The number of benzene rings is 2. The molecule has 1 amide bonds. The Morgan fingerprint density at radius 3 is 2.57 bits per heavy atom. The van der Waals surface area contributed by atoms with E-state index < -0.39 is 12.0 Å². The number of carbonyl (C=O) groups excluding carboxylic acids is 1. The number of rotatable bonds is 7. The zero-order chi connectivity index (χ0) is 20.1. The molecular weight excluding hydrogens is 360 g/mol. The minimum absolute atomic E-state index is 0.0407. The summed E-state index contributed by atoms with van der Waals surface area (Å²) < 4.78 is 10.5. The van der Waals surface area contributed by atoms with Crippen LogP contribution in [0.3, 0.4) is 0 Å². The Kier molecular flexibility index (Phi) is 6.16. The Balaban J connectivity index is 1.74. The summed E-state index contributed by atoms with van der Waals surface area (Å²) in [6, 6.07) is 13.7. The number of carbonyl (C=O) groups is 2. The number of hydrogen-bond acceptors (Lipinski definition) is 5. The van der Waals surface area contributed by atoms with Crippen molar-refractivity contribution < 1.29 is 24.2 Å². The fourth-order valence-corrected chi connectivity index (χ4v) is 3.48. The third-order valence-electron chi connectivity index (χ3n) is 4.89. The van der Waals surface area contributed by atoms with E-state index in [-0.39, 0.29) is 12.5 Å². The molecule has 3 rings (SSSR count). The number of para-hydroxylation sites is 1. The number of aliphatic carboxylic acids is 1. The molecule has 0 unspecified atom stereocenters.